The van der Waals surface area contributed by atoms with Crippen molar-refractivity contribution < 1.29 is 14.6 Å². The molecule has 0 unspecified atom stereocenters. The van der Waals surface area contributed by atoms with Gasteiger partial charge in [0, 0.05) is 19.7 Å². The number of ether oxygens (including phenoxy) is 1. The fraction of sp³-hybridized carbons (Fsp3) is 0.333. The van der Waals surface area contributed by atoms with Crippen LogP contribution in [-0.4, -0.2) is 27.5 Å². The van der Waals surface area contributed by atoms with Gasteiger partial charge in [-0.15, -0.1) is 0 Å². The van der Waals surface area contributed by atoms with E-state index < -0.39 is 5.97 Å². The second-order valence-electron chi connectivity index (χ2n) is 4.87. The molecular weight excluding hydrogens is 256 g/mol. The zero-order valence-electron chi connectivity index (χ0n) is 11.9. The summed E-state index contributed by atoms with van der Waals surface area (Å²) in [5.41, 5.74) is 3.09. The molecule has 1 aromatic heterocycles. The van der Waals surface area contributed by atoms with Crippen molar-refractivity contribution in [1.29, 1.82) is 0 Å². The molecule has 0 aliphatic rings. The van der Waals surface area contributed by atoms with Crippen LogP contribution in [0.3, 0.4) is 0 Å². The van der Waals surface area contributed by atoms with Crippen LogP contribution in [0.25, 0.3) is 0 Å². The van der Waals surface area contributed by atoms with E-state index in [4.69, 9.17) is 9.84 Å². The van der Waals surface area contributed by atoms with E-state index in [0.29, 0.717) is 12.2 Å². The lowest BCUT2D eigenvalue weighted by Crippen LogP contribution is -2.05. The number of carboxylic acids is 1. The average molecular weight is 274 g/mol. The highest BCUT2D eigenvalue weighted by Crippen LogP contribution is 2.25. The van der Waals surface area contributed by atoms with Crippen LogP contribution in [0.2, 0.25) is 0 Å². The first-order chi connectivity index (χ1) is 9.47. The van der Waals surface area contributed by atoms with Crippen molar-refractivity contribution in [1.82, 2.24) is 9.78 Å². The lowest BCUT2D eigenvalue weighted by Gasteiger charge is -2.12. The Hall–Kier alpha value is -2.30. The molecule has 0 saturated carbocycles. The predicted molar refractivity (Wildman–Crippen MR) is 75.3 cm³/mol. The van der Waals surface area contributed by atoms with Crippen LogP contribution in [0.5, 0.6) is 5.75 Å². The summed E-state index contributed by atoms with van der Waals surface area (Å²) in [7, 11) is 1.88. The van der Waals surface area contributed by atoms with Crippen molar-refractivity contribution in [2.24, 2.45) is 7.05 Å². The molecule has 5 nitrogen and oxygen atoms in total. The van der Waals surface area contributed by atoms with E-state index in [-0.39, 0.29) is 0 Å². The number of carboxylic acid groups (broad SMARTS) is 1. The molecular formula is C15H18N2O3. The second kappa shape index (κ2) is 5.77. The van der Waals surface area contributed by atoms with Gasteiger partial charge in [-0.05, 0) is 42.7 Å². The van der Waals surface area contributed by atoms with Crippen LogP contribution < -0.4 is 4.74 Å². The third-order valence-corrected chi connectivity index (χ3v) is 3.10. The lowest BCUT2D eigenvalue weighted by molar-refractivity contribution is 0.0696. The zero-order valence-corrected chi connectivity index (χ0v) is 11.9. The number of hydrogen-bond donors (Lipinski definition) is 1. The monoisotopic (exact) mass is 274 g/mol. The molecule has 20 heavy (non-hydrogen) atoms. The van der Waals surface area contributed by atoms with E-state index in [0.717, 1.165) is 28.9 Å². The topological polar surface area (TPSA) is 64.3 Å². The second-order valence-corrected chi connectivity index (χ2v) is 4.87. The molecule has 1 N–H and O–H groups in total. The molecule has 0 radical (unpaired) electrons. The number of hydrogen-bond acceptors (Lipinski definition) is 3. The van der Waals surface area contributed by atoms with Crippen LogP contribution in [0, 0.1) is 13.8 Å². The first-order valence-corrected chi connectivity index (χ1v) is 6.42. The molecule has 0 spiro atoms. The van der Waals surface area contributed by atoms with Crippen molar-refractivity contribution >= 4 is 5.97 Å². The standard InChI is InChI=1S/C15H18N2O3/c1-10-6-13(15(18)19)7-11(2)14(10)20-5-4-12-8-16-17(3)9-12/h6-9H,4-5H2,1-3H3,(H,18,19). The molecule has 2 aromatic rings. The maximum atomic E-state index is 11.0. The predicted octanol–water partition coefficient (Wildman–Crippen LogP) is 2.36. The highest BCUT2D eigenvalue weighted by atomic mass is 16.5. The Kier molecular flexibility index (Phi) is 4.08. The summed E-state index contributed by atoms with van der Waals surface area (Å²) in [4.78, 5) is 11.0. The molecule has 0 aliphatic heterocycles. The molecule has 0 aliphatic carbocycles. The highest BCUT2D eigenvalue weighted by Gasteiger charge is 2.10. The first kappa shape index (κ1) is 14.1. The summed E-state index contributed by atoms with van der Waals surface area (Å²) >= 11 is 0. The average Bonchev–Trinajstić information content (AvgIpc) is 2.78. The minimum atomic E-state index is -0.918. The zero-order chi connectivity index (χ0) is 14.7. The summed E-state index contributed by atoms with van der Waals surface area (Å²) in [6.45, 7) is 4.26. The van der Waals surface area contributed by atoms with Gasteiger partial charge in [-0.25, -0.2) is 4.79 Å². The fourth-order valence-electron chi connectivity index (χ4n) is 2.17. The van der Waals surface area contributed by atoms with E-state index in [1.165, 1.54) is 0 Å². The normalized spacial score (nSPS) is 10.6. The van der Waals surface area contributed by atoms with E-state index >= 15 is 0 Å². The van der Waals surface area contributed by atoms with Gasteiger partial charge >= 0.3 is 5.97 Å². The smallest absolute Gasteiger partial charge is 0.335 e. The van der Waals surface area contributed by atoms with Crippen LogP contribution in [0.15, 0.2) is 24.5 Å². The van der Waals surface area contributed by atoms with Gasteiger partial charge in [0.25, 0.3) is 0 Å². The van der Waals surface area contributed by atoms with Crippen molar-refractivity contribution in [2.75, 3.05) is 6.61 Å². The Balaban J connectivity index is 2.04. The van der Waals surface area contributed by atoms with Crippen LogP contribution >= 0.6 is 0 Å². The summed E-state index contributed by atoms with van der Waals surface area (Å²) in [6.07, 6.45) is 4.54. The van der Waals surface area contributed by atoms with E-state index in [9.17, 15) is 4.79 Å². The van der Waals surface area contributed by atoms with Crippen molar-refractivity contribution in [2.45, 2.75) is 20.3 Å². The number of aryl methyl sites for hydroxylation is 3. The summed E-state index contributed by atoms with van der Waals surface area (Å²) in [6, 6.07) is 3.27. The molecule has 0 amide bonds. The van der Waals surface area contributed by atoms with Gasteiger partial charge in [0.1, 0.15) is 5.75 Å². The van der Waals surface area contributed by atoms with Gasteiger partial charge in [-0.1, -0.05) is 0 Å². The molecule has 0 fully saturated rings. The SMILES string of the molecule is Cc1cc(C(=O)O)cc(C)c1OCCc1cnn(C)c1. The molecule has 0 saturated heterocycles. The van der Waals surface area contributed by atoms with Crippen LogP contribution in [0.1, 0.15) is 27.0 Å². The Bertz CT molecular complexity index is 609. The Morgan fingerprint density at radius 3 is 2.50 bits per heavy atom. The van der Waals surface area contributed by atoms with Crippen molar-refractivity contribution in [3.05, 3.63) is 46.8 Å². The molecule has 5 heteroatoms. The Morgan fingerprint density at radius 1 is 1.35 bits per heavy atom. The molecule has 1 aromatic carbocycles. The van der Waals surface area contributed by atoms with E-state index in [2.05, 4.69) is 5.10 Å². The summed E-state index contributed by atoms with van der Waals surface area (Å²) < 4.78 is 7.54. The van der Waals surface area contributed by atoms with Crippen molar-refractivity contribution in [3.63, 3.8) is 0 Å². The van der Waals surface area contributed by atoms with Crippen LogP contribution in [0.4, 0.5) is 0 Å². The van der Waals surface area contributed by atoms with Gasteiger partial charge in [0.05, 0.1) is 18.4 Å². The summed E-state index contributed by atoms with van der Waals surface area (Å²) in [5.74, 6) is -0.156. The summed E-state index contributed by atoms with van der Waals surface area (Å²) in [5, 5.41) is 13.1. The minimum Gasteiger partial charge on any atom is -0.493 e. The third kappa shape index (κ3) is 3.17. The number of rotatable bonds is 5. The van der Waals surface area contributed by atoms with E-state index in [1.54, 1.807) is 16.8 Å². The molecule has 0 atom stereocenters. The lowest BCUT2D eigenvalue weighted by atomic mass is 10.1. The van der Waals surface area contributed by atoms with Gasteiger partial charge in [-0.2, -0.15) is 5.10 Å². The van der Waals surface area contributed by atoms with E-state index in [1.807, 2.05) is 33.3 Å². The third-order valence-electron chi connectivity index (χ3n) is 3.10. The Morgan fingerprint density at radius 2 is 2.00 bits per heavy atom. The quantitative estimate of drug-likeness (QED) is 0.909. The fourth-order valence-corrected chi connectivity index (χ4v) is 2.17. The minimum absolute atomic E-state index is 0.291. The maximum Gasteiger partial charge on any atom is 0.335 e. The van der Waals surface area contributed by atoms with Crippen molar-refractivity contribution in [3.8, 4) is 5.75 Å². The van der Waals surface area contributed by atoms with Crippen LogP contribution in [-0.2, 0) is 13.5 Å². The van der Waals surface area contributed by atoms with Gasteiger partial charge in [-0.3, -0.25) is 4.68 Å². The molecule has 106 valence electrons. The highest BCUT2D eigenvalue weighted by molar-refractivity contribution is 5.88. The van der Waals surface area contributed by atoms with Gasteiger partial charge in [0.2, 0.25) is 0 Å². The molecule has 1 heterocycles. The van der Waals surface area contributed by atoms with Gasteiger partial charge in [0.15, 0.2) is 0 Å². The number of nitrogens with zero attached hydrogens (tertiary/aromatic N) is 2. The maximum absolute atomic E-state index is 11.0. The molecule has 0 bridgehead atoms. The number of aromatic nitrogens is 2. The number of benzene rings is 1. The number of carbonyl (C=O) groups is 1. The number of aromatic carboxylic acids is 1. The Labute approximate surface area is 117 Å². The first-order valence-electron chi connectivity index (χ1n) is 6.42. The largest absolute Gasteiger partial charge is 0.493 e. The van der Waals surface area contributed by atoms with Gasteiger partial charge < -0.3 is 9.84 Å². The molecule has 2 rings (SSSR count).